The van der Waals surface area contributed by atoms with Gasteiger partial charge in [0.15, 0.2) is 0 Å². The van der Waals surface area contributed by atoms with Crippen LogP contribution in [0.2, 0.25) is 0 Å². The van der Waals surface area contributed by atoms with Gasteiger partial charge in [0.2, 0.25) is 15.9 Å². The first-order valence-electron chi connectivity index (χ1n) is 8.55. The van der Waals surface area contributed by atoms with E-state index in [9.17, 15) is 13.2 Å². The Hall–Kier alpha value is -1.47. The molecule has 0 aromatic carbocycles. The summed E-state index contributed by atoms with van der Waals surface area (Å²) in [4.78, 5) is 18.5. The van der Waals surface area contributed by atoms with Gasteiger partial charge in [0, 0.05) is 44.5 Å². The van der Waals surface area contributed by atoms with Crippen LogP contribution in [0.15, 0.2) is 24.5 Å². The van der Waals surface area contributed by atoms with E-state index in [0.29, 0.717) is 6.04 Å². The molecule has 1 aromatic heterocycles. The van der Waals surface area contributed by atoms with E-state index in [1.54, 1.807) is 18.5 Å². The molecule has 1 amide bonds. The largest absolute Gasteiger partial charge is 0.340 e. The van der Waals surface area contributed by atoms with Gasteiger partial charge in [0.05, 0.1) is 6.26 Å². The topological polar surface area (TPSA) is 70.6 Å². The van der Waals surface area contributed by atoms with Crippen molar-refractivity contribution in [3.8, 4) is 0 Å². The van der Waals surface area contributed by atoms with Crippen molar-refractivity contribution >= 4 is 15.9 Å². The van der Waals surface area contributed by atoms with Gasteiger partial charge in [-0.2, -0.15) is 4.31 Å². The summed E-state index contributed by atoms with van der Waals surface area (Å²) in [5.41, 5.74) is 0.819. The van der Waals surface area contributed by atoms with E-state index >= 15 is 0 Å². The zero-order valence-electron chi connectivity index (χ0n) is 14.5. The van der Waals surface area contributed by atoms with Crippen LogP contribution in [0, 0.1) is 0 Å². The molecule has 0 saturated carbocycles. The van der Waals surface area contributed by atoms with E-state index in [2.05, 4.69) is 11.9 Å². The lowest BCUT2D eigenvalue weighted by Gasteiger charge is -2.35. The SMILES string of the molecule is CCC1CCCCN1C(=O)CCN(Cc1cccnc1)S(C)(=O)=O. The van der Waals surface area contributed by atoms with E-state index in [1.165, 1.54) is 17.0 Å². The Labute approximate surface area is 144 Å². The molecule has 1 atom stereocenters. The Morgan fingerprint density at radius 3 is 2.83 bits per heavy atom. The van der Waals surface area contributed by atoms with Crippen LogP contribution in [0.25, 0.3) is 0 Å². The van der Waals surface area contributed by atoms with Gasteiger partial charge in [-0.3, -0.25) is 9.78 Å². The van der Waals surface area contributed by atoms with Gasteiger partial charge < -0.3 is 4.90 Å². The molecular weight excluding hydrogens is 326 g/mol. The maximum atomic E-state index is 12.5. The molecule has 0 aliphatic carbocycles. The standard InChI is InChI=1S/C17H27N3O3S/c1-3-16-8-4-5-11-20(16)17(21)9-12-19(24(2,22)23)14-15-7-6-10-18-13-15/h6-7,10,13,16H,3-5,8-9,11-12,14H2,1-2H3. The molecule has 1 unspecified atom stereocenters. The number of likely N-dealkylation sites (tertiary alicyclic amines) is 1. The van der Waals surface area contributed by atoms with Gasteiger partial charge in [-0.1, -0.05) is 13.0 Å². The predicted molar refractivity (Wildman–Crippen MR) is 93.8 cm³/mol. The van der Waals surface area contributed by atoms with Crippen LogP contribution in [-0.2, 0) is 21.4 Å². The third kappa shape index (κ3) is 5.27. The molecule has 1 aromatic rings. The number of sulfonamides is 1. The third-order valence-electron chi connectivity index (χ3n) is 4.54. The first-order valence-corrected chi connectivity index (χ1v) is 10.4. The second kappa shape index (κ2) is 8.58. The minimum atomic E-state index is -3.37. The Bertz CT molecular complexity index is 634. The number of rotatable bonds is 7. The summed E-state index contributed by atoms with van der Waals surface area (Å²) in [6.07, 6.45) is 8.92. The Morgan fingerprint density at radius 1 is 1.42 bits per heavy atom. The van der Waals surface area contributed by atoms with Crippen molar-refractivity contribution in [3.63, 3.8) is 0 Å². The van der Waals surface area contributed by atoms with Crippen molar-refractivity contribution < 1.29 is 13.2 Å². The predicted octanol–water partition coefficient (Wildman–Crippen LogP) is 2.02. The molecule has 1 aliphatic heterocycles. The summed E-state index contributed by atoms with van der Waals surface area (Å²) >= 11 is 0. The molecule has 0 N–H and O–H groups in total. The molecule has 24 heavy (non-hydrogen) atoms. The minimum absolute atomic E-state index is 0.0568. The summed E-state index contributed by atoms with van der Waals surface area (Å²) in [6, 6.07) is 3.92. The van der Waals surface area contributed by atoms with Gasteiger partial charge >= 0.3 is 0 Å². The zero-order chi connectivity index (χ0) is 17.6. The van der Waals surface area contributed by atoms with Crippen LogP contribution in [0.3, 0.4) is 0 Å². The molecule has 134 valence electrons. The molecule has 1 aliphatic rings. The highest BCUT2D eigenvalue weighted by Crippen LogP contribution is 2.20. The van der Waals surface area contributed by atoms with Crippen molar-refractivity contribution in [2.24, 2.45) is 0 Å². The molecule has 0 radical (unpaired) electrons. The monoisotopic (exact) mass is 353 g/mol. The molecule has 2 rings (SSSR count). The van der Waals surface area contributed by atoms with Crippen LogP contribution in [0.4, 0.5) is 0 Å². The first kappa shape index (κ1) is 18.9. The number of carbonyl (C=O) groups is 1. The van der Waals surface area contributed by atoms with Gasteiger partial charge in [-0.15, -0.1) is 0 Å². The number of hydrogen-bond acceptors (Lipinski definition) is 4. The summed E-state index contributed by atoms with van der Waals surface area (Å²) in [7, 11) is -3.37. The smallest absolute Gasteiger partial charge is 0.224 e. The molecule has 0 spiro atoms. The minimum Gasteiger partial charge on any atom is -0.340 e. The van der Waals surface area contributed by atoms with Crippen LogP contribution < -0.4 is 0 Å². The second-order valence-corrected chi connectivity index (χ2v) is 8.34. The number of pyridine rings is 1. The molecule has 2 heterocycles. The van der Waals surface area contributed by atoms with Gasteiger partial charge in [-0.25, -0.2) is 8.42 Å². The second-order valence-electron chi connectivity index (χ2n) is 6.35. The number of aromatic nitrogens is 1. The average molecular weight is 353 g/mol. The van der Waals surface area contributed by atoms with Crippen LogP contribution in [0.1, 0.15) is 44.6 Å². The molecule has 1 saturated heterocycles. The van der Waals surface area contributed by atoms with Crippen LogP contribution in [-0.4, -0.2) is 53.9 Å². The van der Waals surface area contributed by atoms with Crippen molar-refractivity contribution in [3.05, 3.63) is 30.1 Å². The third-order valence-corrected chi connectivity index (χ3v) is 5.79. The molecule has 7 heteroatoms. The van der Waals surface area contributed by atoms with Crippen LogP contribution >= 0.6 is 0 Å². The number of hydrogen-bond donors (Lipinski definition) is 0. The molecule has 6 nitrogen and oxygen atoms in total. The highest BCUT2D eigenvalue weighted by molar-refractivity contribution is 7.88. The fourth-order valence-corrected chi connectivity index (χ4v) is 3.98. The maximum absolute atomic E-state index is 12.5. The summed E-state index contributed by atoms with van der Waals surface area (Å²) in [6.45, 7) is 3.34. The average Bonchev–Trinajstić information content (AvgIpc) is 2.58. The Balaban J connectivity index is 1.98. The van der Waals surface area contributed by atoms with Gasteiger partial charge in [0.1, 0.15) is 0 Å². The lowest BCUT2D eigenvalue weighted by Crippen LogP contribution is -2.44. The first-order chi connectivity index (χ1) is 11.4. The van der Waals surface area contributed by atoms with Gasteiger partial charge in [-0.05, 0) is 37.3 Å². The van der Waals surface area contributed by atoms with E-state index in [4.69, 9.17) is 0 Å². The van der Waals surface area contributed by atoms with Crippen molar-refractivity contribution in [2.75, 3.05) is 19.3 Å². The fourth-order valence-electron chi connectivity index (χ4n) is 3.17. The highest BCUT2D eigenvalue weighted by Gasteiger charge is 2.26. The molecular formula is C17H27N3O3S. The van der Waals surface area contributed by atoms with Crippen molar-refractivity contribution in [1.82, 2.24) is 14.2 Å². The number of carbonyl (C=O) groups excluding carboxylic acids is 1. The normalized spacial score (nSPS) is 18.8. The maximum Gasteiger partial charge on any atom is 0.224 e. The van der Waals surface area contributed by atoms with E-state index in [-0.39, 0.29) is 25.4 Å². The molecule has 1 fully saturated rings. The highest BCUT2D eigenvalue weighted by atomic mass is 32.2. The lowest BCUT2D eigenvalue weighted by atomic mass is 9.99. The number of amides is 1. The van der Waals surface area contributed by atoms with E-state index in [0.717, 1.165) is 31.4 Å². The van der Waals surface area contributed by atoms with Gasteiger partial charge in [0.25, 0.3) is 0 Å². The summed E-state index contributed by atoms with van der Waals surface area (Å²) in [5, 5.41) is 0. The quantitative estimate of drug-likeness (QED) is 0.752. The van der Waals surface area contributed by atoms with Crippen molar-refractivity contribution in [2.45, 2.75) is 51.6 Å². The Morgan fingerprint density at radius 2 is 2.21 bits per heavy atom. The van der Waals surface area contributed by atoms with E-state index in [1.807, 2.05) is 11.0 Å². The summed E-state index contributed by atoms with van der Waals surface area (Å²) < 4.78 is 25.4. The molecule has 0 bridgehead atoms. The number of nitrogens with zero attached hydrogens (tertiary/aromatic N) is 3. The number of piperidine rings is 1. The summed E-state index contributed by atoms with van der Waals surface area (Å²) in [5.74, 6) is 0.0568. The fraction of sp³-hybridized carbons (Fsp3) is 0.647. The van der Waals surface area contributed by atoms with Crippen LogP contribution in [0.5, 0.6) is 0 Å². The zero-order valence-corrected chi connectivity index (χ0v) is 15.3. The van der Waals surface area contributed by atoms with E-state index < -0.39 is 10.0 Å². The van der Waals surface area contributed by atoms with Crippen molar-refractivity contribution in [1.29, 1.82) is 0 Å². The Kier molecular flexibility index (Phi) is 6.74. The lowest BCUT2D eigenvalue weighted by molar-refractivity contribution is -0.135.